The lowest BCUT2D eigenvalue weighted by Gasteiger charge is -2.08. The molecule has 0 aliphatic heterocycles. The molecule has 3 rings (SSSR count). The molecule has 0 radical (unpaired) electrons. The topological polar surface area (TPSA) is 103 Å². The van der Waals surface area contributed by atoms with Gasteiger partial charge >= 0.3 is 5.69 Å². The maximum Gasteiger partial charge on any atom is 0.312 e. The molecule has 1 aromatic carbocycles. The molecule has 2 heterocycles. The predicted octanol–water partition coefficient (Wildman–Crippen LogP) is 3.41. The molecule has 0 atom stereocenters. The average Bonchev–Trinajstić information content (AvgIpc) is 2.91. The summed E-state index contributed by atoms with van der Waals surface area (Å²) in [4.78, 5) is 27.2. The van der Waals surface area contributed by atoms with Gasteiger partial charge in [0.05, 0.1) is 11.5 Å². The summed E-state index contributed by atoms with van der Waals surface area (Å²) < 4.78 is 1.60. The van der Waals surface area contributed by atoms with Crippen LogP contribution in [0.3, 0.4) is 0 Å². The van der Waals surface area contributed by atoms with E-state index in [1.807, 2.05) is 31.2 Å². The monoisotopic (exact) mass is 365 g/mol. The van der Waals surface area contributed by atoms with E-state index in [4.69, 9.17) is 0 Å². The van der Waals surface area contributed by atoms with E-state index in [1.165, 1.54) is 0 Å². The summed E-state index contributed by atoms with van der Waals surface area (Å²) in [6, 6.07) is 10.7. The van der Waals surface area contributed by atoms with Gasteiger partial charge in [-0.05, 0) is 50.1 Å². The smallest absolute Gasteiger partial charge is 0.306 e. The zero-order chi connectivity index (χ0) is 19.6. The fourth-order valence-electron chi connectivity index (χ4n) is 2.84. The first-order valence-corrected chi connectivity index (χ1v) is 8.37. The number of aromatic nitrogens is 3. The summed E-state index contributed by atoms with van der Waals surface area (Å²) in [5.74, 6) is 0.284. The molecule has 0 saturated carbocycles. The average molecular weight is 365 g/mol. The maximum atomic E-state index is 12.4. The van der Waals surface area contributed by atoms with Gasteiger partial charge in [-0.3, -0.25) is 19.6 Å². The van der Waals surface area contributed by atoms with Gasteiger partial charge in [-0.2, -0.15) is 5.10 Å². The van der Waals surface area contributed by atoms with Crippen LogP contribution in [0.1, 0.15) is 32.9 Å². The molecular weight excluding hydrogens is 346 g/mol. The van der Waals surface area contributed by atoms with Crippen LogP contribution in [0.4, 0.5) is 11.5 Å². The molecule has 0 unspecified atom stereocenters. The number of hydrogen-bond donors (Lipinski definition) is 1. The number of carbonyl (C=O) groups is 1. The van der Waals surface area contributed by atoms with Crippen molar-refractivity contribution < 1.29 is 9.72 Å². The minimum Gasteiger partial charge on any atom is -0.306 e. The van der Waals surface area contributed by atoms with Crippen molar-refractivity contribution in [3.05, 3.63) is 80.8 Å². The van der Waals surface area contributed by atoms with Crippen LogP contribution >= 0.6 is 0 Å². The van der Waals surface area contributed by atoms with Crippen LogP contribution in [0.15, 0.2) is 42.6 Å². The van der Waals surface area contributed by atoms with Crippen LogP contribution in [0.25, 0.3) is 0 Å². The molecule has 138 valence electrons. The Morgan fingerprint density at radius 3 is 2.48 bits per heavy atom. The van der Waals surface area contributed by atoms with Crippen molar-refractivity contribution >= 4 is 17.4 Å². The summed E-state index contributed by atoms with van der Waals surface area (Å²) in [6.07, 6.45) is 1.62. The number of nitrogens with zero attached hydrogens (tertiary/aromatic N) is 4. The normalized spacial score (nSPS) is 10.6. The number of nitrogens with one attached hydrogen (secondary N) is 1. The van der Waals surface area contributed by atoms with Gasteiger partial charge in [0.1, 0.15) is 17.2 Å². The Hall–Kier alpha value is -3.55. The predicted molar refractivity (Wildman–Crippen MR) is 101 cm³/mol. The molecule has 0 bridgehead atoms. The molecule has 1 amide bonds. The fraction of sp³-hybridized carbons (Fsp3) is 0.211. The number of carbonyl (C=O) groups excluding carboxylic acids is 1. The third-order valence-electron chi connectivity index (χ3n) is 4.32. The van der Waals surface area contributed by atoms with Gasteiger partial charge in [0.15, 0.2) is 0 Å². The third kappa shape index (κ3) is 3.84. The third-order valence-corrected chi connectivity index (χ3v) is 4.32. The SMILES string of the molecule is Cc1cccnc1NC(=O)c1ccc(Cn2nc(C)c([N+](=O)[O-])c2C)cc1. The van der Waals surface area contributed by atoms with E-state index in [-0.39, 0.29) is 11.6 Å². The van der Waals surface area contributed by atoms with Gasteiger partial charge in [0.25, 0.3) is 5.91 Å². The Labute approximate surface area is 156 Å². The highest BCUT2D eigenvalue weighted by Crippen LogP contribution is 2.22. The fourth-order valence-corrected chi connectivity index (χ4v) is 2.84. The van der Waals surface area contributed by atoms with Gasteiger partial charge in [0.2, 0.25) is 0 Å². The summed E-state index contributed by atoms with van der Waals surface area (Å²) >= 11 is 0. The molecule has 0 aliphatic rings. The Bertz CT molecular complexity index is 1010. The second-order valence-electron chi connectivity index (χ2n) is 6.25. The molecule has 0 fully saturated rings. The zero-order valence-corrected chi connectivity index (χ0v) is 15.3. The molecular formula is C19H19N5O3. The Kier molecular flexibility index (Phi) is 4.98. The second kappa shape index (κ2) is 7.36. The second-order valence-corrected chi connectivity index (χ2v) is 6.25. The number of aryl methyl sites for hydroxylation is 2. The van der Waals surface area contributed by atoms with Crippen molar-refractivity contribution in [1.82, 2.24) is 14.8 Å². The van der Waals surface area contributed by atoms with Crippen molar-refractivity contribution in [1.29, 1.82) is 0 Å². The van der Waals surface area contributed by atoms with Crippen molar-refractivity contribution in [3.63, 3.8) is 0 Å². The van der Waals surface area contributed by atoms with Crippen LogP contribution in [0.2, 0.25) is 0 Å². The largest absolute Gasteiger partial charge is 0.312 e. The first kappa shape index (κ1) is 18.2. The van der Waals surface area contributed by atoms with Crippen molar-refractivity contribution in [2.75, 3.05) is 5.32 Å². The van der Waals surface area contributed by atoms with E-state index in [1.54, 1.807) is 36.9 Å². The lowest BCUT2D eigenvalue weighted by atomic mass is 10.1. The number of anilines is 1. The van der Waals surface area contributed by atoms with Crippen molar-refractivity contribution in [3.8, 4) is 0 Å². The van der Waals surface area contributed by atoms with Crippen LogP contribution < -0.4 is 5.32 Å². The quantitative estimate of drug-likeness (QED) is 0.551. The number of rotatable bonds is 5. The lowest BCUT2D eigenvalue weighted by molar-refractivity contribution is -0.386. The Morgan fingerprint density at radius 2 is 1.89 bits per heavy atom. The number of benzene rings is 1. The number of hydrogen-bond acceptors (Lipinski definition) is 5. The highest BCUT2D eigenvalue weighted by molar-refractivity contribution is 6.04. The van der Waals surface area contributed by atoms with Crippen molar-refractivity contribution in [2.24, 2.45) is 0 Å². The molecule has 8 nitrogen and oxygen atoms in total. The minimum absolute atomic E-state index is 0.0386. The molecule has 27 heavy (non-hydrogen) atoms. The van der Waals surface area contributed by atoms with Gasteiger partial charge in [-0.25, -0.2) is 4.98 Å². The summed E-state index contributed by atoms with van der Waals surface area (Å²) in [5.41, 5.74) is 3.21. The van der Waals surface area contributed by atoms with E-state index in [0.717, 1.165) is 11.1 Å². The Morgan fingerprint density at radius 1 is 1.19 bits per heavy atom. The van der Waals surface area contributed by atoms with Crippen LogP contribution in [-0.2, 0) is 6.54 Å². The van der Waals surface area contributed by atoms with Gasteiger partial charge in [0, 0.05) is 11.8 Å². The van der Waals surface area contributed by atoms with E-state index >= 15 is 0 Å². The van der Waals surface area contributed by atoms with Crippen molar-refractivity contribution in [2.45, 2.75) is 27.3 Å². The molecule has 0 spiro atoms. The maximum absolute atomic E-state index is 12.4. The first-order chi connectivity index (χ1) is 12.9. The number of nitro groups is 1. The summed E-state index contributed by atoms with van der Waals surface area (Å²) in [6.45, 7) is 5.56. The molecule has 0 aliphatic carbocycles. The van der Waals surface area contributed by atoms with Crippen LogP contribution in [0, 0.1) is 30.9 Å². The lowest BCUT2D eigenvalue weighted by Crippen LogP contribution is -2.14. The molecule has 0 saturated heterocycles. The number of amides is 1. The number of pyridine rings is 1. The molecule has 3 aromatic rings. The molecule has 2 aromatic heterocycles. The highest BCUT2D eigenvalue weighted by atomic mass is 16.6. The minimum atomic E-state index is -0.415. The molecule has 1 N–H and O–H groups in total. The van der Waals surface area contributed by atoms with Crippen LogP contribution in [-0.4, -0.2) is 25.6 Å². The summed E-state index contributed by atoms with van der Waals surface area (Å²) in [7, 11) is 0. The standard InChI is InChI=1S/C19H19N5O3/c1-12-5-4-10-20-18(12)21-19(25)16-8-6-15(7-9-16)11-23-14(3)17(24(26)27)13(2)22-23/h4-10H,11H2,1-3H3,(H,20,21,25). The van der Waals surface area contributed by atoms with E-state index in [0.29, 0.717) is 29.3 Å². The van der Waals surface area contributed by atoms with Gasteiger partial charge in [-0.1, -0.05) is 18.2 Å². The van der Waals surface area contributed by atoms with Gasteiger partial charge < -0.3 is 5.32 Å². The van der Waals surface area contributed by atoms with E-state index in [2.05, 4.69) is 15.4 Å². The molecule has 8 heteroatoms. The van der Waals surface area contributed by atoms with E-state index in [9.17, 15) is 14.9 Å². The Balaban J connectivity index is 1.74. The first-order valence-electron chi connectivity index (χ1n) is 8.37. The van der Waals surface area contributed by atoms with E-state index < -0.39 is 4.92 Å². The zero-order valence-electron chi connectivity index (χ0n) is 15.3. The van der Waals surface area contributed by atoms with Gasteiger partial charge in [-0.15, -0.1) is 0 Å². The summed E-state index contributed by atoms with van der Waals surface area (Å²) in [5, 5.41) is 18.1. The van der Waals surface area contributed by atoms with Crippen LogP contribution in [0.5, 0.6) is 0 Å². The highest BCUT2D eigenvalue weighted by Gasteiger charge is 2.21.